The van der Waals surface area contributed by atoms with Crippen molar-refractivity contribution in [3.8, 4) is 0 Å². The van der Waals surface area contributed by atoms with Gasteiger partial charge in [0.2, 0.25) is 0 Å². The quantitative estimate of drug-likeness (QED) is 0.796. The van der Waals surface area contributed by atoms with E-state index in [4.69, 9.17) is 11.6 Å². The monoisotopic (exact) mass is 199 g/mol. The highest BCUT2D eigenvalue weighted by atomic mass is 35.5. The third-order valence-corrected chi connectivity index (χ3v) is 1.59. The molecule has 0 saturated heterocycles. The van der Waals surface area contributed by atoms with Gasteiger partial charge in [0.25, 0.3) is 0 Å². The van der Waals surface area contributed by atoms with Crippen molar-refractivity contribution in [1.29, 1.82) is 0 Å². The number of anilines is 1. The number of hydrogen-bond acceptors (Lipinski definition) is 3. The molecule has 0 saturated carbocycles. The summed E-state index contributed by atoms with van der Waals surface area (Å²) in [5, 5.41) is 3.58. The smallest absolute Gasteiger partial charge is 0.149 e. The van der Waals surface area contributed by atoms with Crippen LogP contribution in [0.25, 0.3) is 0 Å². The van der Waals surface area contributed by atoms with Crippen LogP contribution >= 0.6 is 11.6 Å². The van der Waals surface area contributed by atoms with Gasteiger partial charge in [0, 0.05) is 6.54 Å². The Morgan fingerprint density at radius 1 is 1.38 bits per heavy atom. The second kappa shape index (κ2) is 3.92. The molecule has 1 aromatic heterocycles. The van der Waals surface area contributed by atoms with Crippen LogP contribution in [0, 0.1) is 5.41 Å². The molecule has 0 aromatic carbocycles. The van der Waals surface area contributed by atoms with Crippen molar-refractivity contribution in [2.45, 2.75) is 20.8 Å². The van der Waals surface area contributed by atoms with Gasteiger partial charge in [0.05, 0.1) is 12.4 Å². The number of nitrogens with one attached hydrogen (secondary N) is 1. The summed E-state index contributed by atoms with van der Waals surface area (Å²) >= 11 is 5.68. The molecule has 1 heterocycles. The largest absolute Gasteiger partial charge is 0.368 e. The summed E-state index contributed by atoms with van der Waals surface area (Å²) in [6.45, 7) is 7.30. The maximum atomic E-state index is 5.68. The summed E-state index contributed by atoms with van der Waals surface area (Å²) in [5.41, 5.74) is 0.226. The summed E-state index contributed by atoms with van der Waals surface area (Å²) in [6, 6.07) is 0. The van der Waals surface area contributed by atoms with E-state index < -0.39 is 0 Å². The molecule has 1 N–H and O–H groups in total. The molecule has 0 aliphatic rings. The zero-order valence-corrected chi connectivity index (χ0v) is 8.89. The fraction of sp³-hybridized carbons (Fsp3) is 0.556. The van der Waals surface area contributed by atoms with Crippen LogP contribution in [0.15, 0.2) is 12.4 Å². The van der Waals surface area contributed by atoms with Crippen molar-refractivity contribution in [2.75, 3.05) is 11.9 Å². The Balaban J connectivity index is 2.55. The second-order valence-electron chi connectivity index (χ2n) is 4.14. The maximum absolute atomic E-state index is 5.68. The molecule has 72 valence electrons. The number of halogens is 1. The lowest BCUT2D eigenvalue weighted by Crippen LogP contribution is -2.19. The fourth-order valence-electron chi connectivity index (χ4n) is 0.783. The van der Waals surface area contributed by atoms with Crippen LogP contribution in [0.3, 0.4) is 0 Å². The number of rotatable bonds is 2. The molecular weight excluding hydrogens is 186 g/mol. The Bertz CT molecular complexity index is 280. The van der Waals surface area contributed by atoms with Crippen LogP contribution in [0.1, 0.15) is 20.8 Å². The van der Waals surface area contributed by atoms with E-state index in [-0.39, 0.29) is 5.41 Å². The van der Waals surface area contributed by atoms with E-state index in [1.165, 1.54) is 6.20 Å². The molecule has 0 unspecified atom stereocenters. The minimum atomic E-state index is 0.226. The van der Waals surface area contributed by atoms with Crippen molar-refractivity contribution < 1.29 is 0 Å². The minimum absolute atomic E-state index is 0.226. The lowest BCUT2D eigenvalue weighted by molar-refractivity contribution is 0.442. The highest BCUT2D eigenvalue weighted by Crippen LogP contribution is 2.14. The first kappa shape index (κ1) is 10.3. The predicted octanol–water partition coefficient (Wildman–Crippen LogP) is 2.59. The zero-order valence-electron chi connectivity index (χ0n) is 8.13. The van der Waals surface area contributed by atoms with E-state index in [2.05, 4.69) is 36.1 Å². The number of aromatic nitrogens is 2. The molecule has 4 heteroatoms. The third kappa shape index (κ3) is 4.08. The number of hydrogen-bond donors (Lipinski definition) is 1. The highest BCUT2D eigenvalue weighted by molar-refractivity contribution is 6.29. The van der Waals surface area contributed by atoms with E-state index in [9.17, 15) is 0 Å². The lowest BCUT2D eigenvalue weighted by atomic mass is 9.97. The summed E-state index contributed by atoms with van der Waals surface area (Å²) in [4.78, 5) is 8.00. The minimum Gasteiger partial charge on any atom is -0.368 e. The summed E-state index contributed by atoms with van der Waals surface area (Å²) in [6.07, 6.45) is 3.18. The van der Waals surface area contributed by atoms with Crippen molar-refractivity contribution in [1.82, 2.24) is 9.97 Å². The molecule has 1 rings (SSSR count). The van der Waals surface area contributed by atoms with Crippen LogP contribution in [0.4, 0.5) is 5.82 Å². The van der Waals surface area contributed by atoms with Gasteiger partial charge < -0.3 is 5.32 Å². The molecule has 0 bridgehead atoms. The molecule has 3 nitrogen and oxygen atoms in total. The molecule has 0 aliphatic heterocycles. The fourth-order valence-corrected chi connectivity index (χ4v) is 0.930. The molecule has 0 aliphatic carbocycles. The average Bonchev–Trinajstić information content (AvgIpc) is 2.00. The Morgan fingerprint density at radius 2 is 2.08 bits per heavy atom. The van der Waals surface area contributed by atoms with Crippen LogP contribution in [0.5, 0.6) is 0 Å². The van der Waals surface area contributed by atoms with Crippen LogP contribution in [-0.4, -0.2) is 16.5 Å². The molecule has 0 radical (unpaired) electrons. The summed E-state index contributed by atoms with van der Waals surface area (Å²) in [5.74, 6) is 0.724. The third-order valence-electron chi connectivity index (χ3n) is 1.40. The molecule has 0 spiro atoms. The predicted molar refractivity (Wildman–Crippen MR) is 55.0 cm³/mol. The van der Waals surface area contributed by atoms with Crippen molar-refractivity contribution in [3.05, 3.63) is 17.5 Å². The molecule has 0 fully saturated rings. The van der Waals surface area contributed by atoms with E-state index in [0.717, 1.165) is 12.4 Å². The first-order chi connectivity index (χ1) is 5.97. The van der Waals surface area contributed by atoms with Crippen molar-refractivity contribution >= 4 is 17.4 Å². The highest BCUT2D eigenvalue weighted by Gasteiger charge is 2.09. The lowest BCUT2D eigenvalue weighted by Gasteiger charge is -2.18. The topological polar surface area (TPSA) is 37.8 Å². The van der Waals surface area contributed by atoms with Crippen LogP contribution in [0.2, 0.25) is 5.15 Å². The Labute approximate surface area is 83.5 Å². The van der Waals surface area contributed by atoms with E-state index >= 15 is 0 Å². The Morgan fingerprint density at radius 3 is 2.62 bits per heavy atom. The standard InChI is InChI=1S/C9H14ClN3/c1-9(2,3)6-12-8-5-11-4-7(10)13-8/h4-5H,6H2,1-3H3,(H,12,13). The Kier molecular flexibility index (Phi) is 3.09. The summed E-state index contributed by atoms with van der Waals surface area (Å²) < 4.78 is 0. The van der Waals surface area contributed by atoms with E-state index in [1.807, 2.05) is 0 Å². The van der Waals surface area contributed by atoms with Gasteiger partial charge in [0.1, 0.15) is 11.0 Å². The van der Waals surface area contributed by atoms with Crippen molar-refractivity contribution in [2.24, 2.45) is 5.41 Å². The zero-order chi connectivity index (χ0) is 9.90. The molecule has 1 aromatic rings. The van der Waals surface area contributed by atoms with Gasteiger partial charge in [-0.05, 0) is 5.41 Å². The van der Waals surface area contributed by atoms with Gasteiger partial charge >= 0.3 is 0 Å². The van der Waals surface area contributed by atoms with Crippen LogP contribution < -0.4 is 5.32 Å². The van der Waals surface area contributed by atoms with Gasteiger partial charge in [-0.3, -0.25) is 4.98 Å². The normalized spacial score (nSPS) is 11.4. The molecule has 0 amide bonds. The first-order valence-corrected chi connectivity index (χ1v) is 4.57. The van der Waals surface area contributed by atoms with E-state index in [1.54, 1.807) is 6.20 Å². The molecule has 13 heavy (non-hydrogen) atoms. The molecular formula is C9H14ClN3. The number of nitrogens with zero attached hydrogens (tertiary/aromatic N) is 2. The van der Waals surface area contributed by atoms with Gasteiger partial charge in [-0.25, -0.2) is 4.98 Å². The molecule has 0 atom stereocenters. The second-order valence-corrected chi connectivity index (χ2v) is 4.53. The summed E-state index contributed by atoms with van der Waals surface area (Å²) in [7, 11) is 0. The van der Waals surface area contributed by atoms with Gasteiger partial charge in [0.15, 0.2) is 0 Å². The van der Waals surface area contributed by atoms with Gasteiger partial charge in [-0.1, -0.05) is 32.4 Å². The van der Waals surface area contributed by atoms with Gasteiger partial charge in [-0.15, -0.1) is 0 Å². The first-order valence-electron chi connectivity index (χ1n) is 4.19. The van der Waals surface area contributed by atoms with Crippen LogP contribution in [-0.2, 0) is 0 Å². The van der Waals surface area contributed by atoms with E-state index in [0.29, 0.717) is 5.15 Å². The average molecular weight is 200 g/mol. The maximum Gasteiger partial charge on any atom is 0.149 e. The van der Waals surface area contributed by atoms with Crippen molar-refractivity contribution in [3.63, 3.8) is 0 Å². The van der Waals surface area contributed by atoms with Gasteiger partial charge in [-0.2, -0.15) is 0 Å². The SMILES string of the molecule is CC(C)(C)CNc1cncc(Cl)n1. The Hall–Kier alpha value is -0.830.